The number of thiazole rings is 1. The summed E-state index contributed by atoms with van der Waals surface area (Å²) < 4.78 is 5.36. The van der Waals surface area contributed by atoms with Crippen LogP contribution in [0.3, 0.4) is 0 Å². The predicted molar refractivity (Wildman–Crippen MR) is 103 cm³/mol. The average Bonchev–Trinajstić information content (AvgIpc) is 3.02. The van der Waals surface area contributed by atoms with Crippen LogP contribution in [0.1, 0.15) is 43.1 Å². The Bertz CT molecular complexity index is 668. The molecule has 0 radical (unpaired) electrons. The summed E-state index contributed by atoms with van der Waals surface area (Å²) in [4.78, 5) is 16.5. The van der Waals surface area contributed by atoms with Crippen molar-refractivity contribution in [2.24, 2.45) is 0 Å². The first-order valence-electron chi connectivity index (χ1n) is 8.04. The molecule has 2 rings (SSSR count). The number of aromatic nitrogens is 1. The van der Waals surface area contributed by atoms with E-state index in [0.717, 1.165) is 10.8 Å². The molecule has 1 amide bonds. The minimum atomic E-state index is -0.551. The van der Waals surface area contributed by atoms with Gasteiger partial charge in [-0.1, -0.05) is 30.3 Å². The fourth-order valence-electron chi connectivity index (χ4n) is 2.05. The van der Waals surface area contributed by atoms with Crippen molar-refractivity contribution in [3.63, 3.8) is 0 Å². The highest BCUT2D eigenvalue weighted by molar-refractivity contribution is 7.98. The lowest BCUT2D eigenvalue weighted by Crippen LogP contribution is -2.35. The van der Waals surface area contributed by atoms with E-state index in [9.17, 15) is 9.90 Å². The molecule has 0 bridgehead atoms. The average molecular weight is 381 g/mol. The molecule has 0 aliphatic heterocycles. The third-order valence-corrected chi connectivity index (χ3v) is 5.23. The van der Waals surface area contributed by atoms with Crippen LogP contribution >= 0.6 is 23.1 Å². The van der Waals surface area contributed by atoms with Crippen LogP contribution in [0, 0.1) is 0 Å². The molecule has 1 aromatic heterocycles. The van der Waals surface area contributed by atoms with Gasteiger partial charge in [-0.25, -0.2) is 9.78 Å². The number of aliphatic hydroxyl groups is 1. The zero-order chi connectivity index (χ0) is 18.3. The van der Waals surface area contributed by atoms with Crippen molar-refractivity contribution in [3.05, 3.63) is 52.0 Å². The molecule has 0 fully saturated rings. The summed E-state index contributed by atoms with van der Waals surface area (Å²) in [5, 5.41) is 14.7. The number of ether oxygens (including phenoxy) is 1. The van der Waals surface area contributed by atoms with Gasteiger partial charge in [0.1, 0.15) is 10.6 Å². The van der Waals surface area contributed by atoms with Gasteiger partial charge in [0.2, 0.25) is 0 Å². The Hall–Kier alpha value is -1.57. The van der Waals surface area contributed by atoms with Gasteiger partial charge in [0.05, 0.1) is 18.3 Å². The zero-order valence-corrected chi connectivity index (χ0v) is 16.3. The van der Waals surface area contributed by atoms with E-state index in [1.165, 1.54) is 16.9 Å². The fraction of sp³-hybridized carbons (Fsp3) is 0.444. The number of benzene rings is 1. The highest BCUT2D eigenvalue weighted by Crippen LogP contribution is 2.25. The molecule has 25 heavy (non-hydrogen) atoms. The normalized spacial score (nSPS) is 12.6. The number of nitrogens with one attached hydrogen (secondary N) is 1. The second-order valence-electron chi connectivity index (χ2n) is 6.53. The van der Waals surface area contributed by atoms with Crippen LogP contribution in [0.25, 0.3) is 0 Å². The van der Waals surface area contributed by atoms with Crippen LogP contribution < -0.4 is 5.32 Å². The topological polar surface area (TPSA) is 71.5 Å². The van der Waals surface area contributed by atoms with Crippen LogP contribution in [0.4, 0.5) is 4.79 Å². The zero-order valence-electron chi connectivity index (χ0n) is 14.7. The number of hydrogen-bond donors (Lipinski definition) is 2. The van der Waals surface area contributed by atoms with Gasteiger partial charge in [0.15, 0.2) is 0 Å². The first kappa shape index (κ1) is 19.8. The highest BCUT2D eigenvalue weighted by Gasteiger charge is 2.22. The molecule has 0 saturated heterocycles. The van der Waals surface area contributed by atoms with Gasteiger partial charge < -0.3 is 15.2 Å². The summed E-state index contributed by atoms with van der Waals surface area (Å²) >= 11 is 3.15. The summed E-state index contributed by atoms with van der Waals surface area (Å²) in [6.45, 7) is 5.39. The lowest BCUT2D eigenvalue weighted by molar-refractivity contribution is 0.0509. The first-order valence-corrected chi connectivity index (χ1v) is 10.1. The number of amides is 1. The van der Waals surface area contributed by atoms with Crippen LogP contribution in [-0.2, 0) is 17.1 Å². The molecule has 0 unspecified atom stereocenters. The summed E-state index contributed by atoms with van der Waals surface area (Å²) in [6, 6.07) is 9.93. The SMILES string of the molecule is CC(C)(C)OC(=O)N[C@@H](CSCc1ccccc1)c1nc(CO)cs1. The summed E-state index contributed by atoms with van der Waals surface area (Å²) in [5.41, 5.74) is 1.30. The molecule has 0 saturated carbocycles. The summed E-state index contributed by atoms with van der Waals surface area (Å²) in [6.07, 6.45) is -0.460. The smallest absolute Gasteiger partial charge is 0.408 e. The van der Waals surface area contributed by atoms with E-state index in [4.69, 9.17) is 4.74 Å². The molecule has 1 aromatic carbocycles. The minimum absolute atomic E-state index is 0.104. The molecule has 5 nitrogen and oxygen atoms in total. The number of thioether (sulfide) groups is 1. The number of carbonyl (C=O) groups is 1. The quantitative estimate of drug-likeness (QED) is 0.755. The first-order chi connectivity index (χ1) is 11.9. The Morgan fingerprint density at radius 3 is 2.68 bits per heavy atom. The second-order valence-corrected chi connectivity index (χ2v) is 8.45. The molecule has 136 valence electrons. The fourth-order valence-corrected chi connectivity index (χ4v) is 4.04. The number of nitrogens with zero attached hydrogens (tertiary/aromatic N) is 1. The number of carbonyl (C=O) groups excluding carboxylic acids is 1. The third kappa shape index (κ3) is 7.05. The Morgan fingerprint density at radius 2 is 2.08 bits per heavy atom. The van der Waals surface area contributed by atoms with E-state index in [1.54, 1.807) is 17.1 Å². The van der Waals surface area contributed by atoms with E-state index in [0.29, 0.717) is 11.4 Å². The molecule has 0 spiro atoms. The molecule has 2 N–H and O–H groups in total. The Morgan fingerprint density at radius 1 is 1.36 bits per heavy atom. The lowest BCUT2D eigenvalue weighted by Gasteiger charge is -2.22. The highest BCUT2D eigenvalue weighted by atomic mass is 32.2. The van der Waals surface area contributed by atoms with Crippen molar-refractivity contribution in [1.82, 2.24) is 10.3 Å². The standard InChI is InChI=1S/C18H24N2O3S2/c1-18(2,3)23-17(22)20-15(16-19-14(9-21)11-25-16)12-24-10-13-7-5-4-6-8-13/h4-8,11,15,21H,9-10,12H2,1-3H3,(H,20,22)/t15-/m0/s1. The number of alkyl carbamates (subject to hydrolysis) is 1. The van der Waals surface area contributed by atoms with Crippen molar-refractivity contribution in [2.45, 2.75) is 44.8 Å². The van der Waals surface area contributed by atoms with Crippen molar-refractivity contribution < 1.29 is 14.6 Å². The third-order valence-electron chi connectivity index (χ3n) is 3.12. The number of rotatable bonds is 7. The van der Waals surface area contributed by atoms with E-state index in [-0.39, 0.29) is 12.6 Å². The summed E-state index contributed by atoms with van der Waals surface area (Å²) in [5.74, 6) is 1.53. The molecule has 0 aliphatic carbocycles. The Kier molecular flexibility index (Phi) is 7.28. The van der Waals surface area contributed by atoms with Gasteiger partial charge in [-0.3, -0.25) is 0 Å². The van der Waals surface area contributed by atoms with Gasteiger partial charge in [0, 0.05) is 16.9 Å². The predicted octanol–water partition coefficient (Wildman–Crippen LogP) is 4.13. The number of aliphatic hydroxyl groups excluding tert-OH is 1. The molecule has 2 aromatic rings. The maximum absolute atomic E-state index is 12.1. The molecule has 1 atom stereocenters. The lowest BCUT2D eigenvalue weighted by atomic mass is 10.2. The van der Waals surface area contributed by atoms with Crippen molar-refractivity contribution in [3.8, 4) is 0 Å². The molecular weight excluding hydrogens is 356 g/mol. The van der Waals surface area contributed by atoms with Crippen molar-refractivity contribution in [1.29, 1.82) is 0 Å². The van der Waals surface area contributed by atoms with Crippen molar-refractivity contribution in [2.75, 3.05) is 5.75 Å². The summed E-state index contributed by atoms with van der Waals surface area (Å²) in [7, 11) is 0. The van der Waals surface area contributed by atoms with Crippen LogP contribution in [0.2, 0.25) is 0 Å². The van der Waals surface area contributed by atoms with Gasteiger partial charge in [-0.05, 0) is 26.3 Å². The van der Waals surface area contributed by atoms with Crippen molar-refractivity contribution >= 4 is 29.2 Å². The van der Waals surface area contributed by atoms with Gasteiger partial charge in [-0.2, -0.15) is 11.8 Å². The van der Waals surface area contributed by atoms with Crippen LogP contribution in [0.5, 0.6) is 0 Å². The number of hydrogen-bond acceptors (Lipinski definition) is 6. The van der Waals surface area contributed by atoms with Gasteiger partial charge >= 0.3 is 6.09 Å². The van der Waals surface area contributed by atoms with E-state index in [2.05, 4.69) is 22.4 Å². The molecule has 1 heterocycles. The maximum Gasteiger partial charge on any atom is 0.408 e. The van der Waals surface area contributed by atoms with Gasteiger partial charge in [0.25, 0.3) is 0 Å². The largest absolute Gasteiger partial charge is 0.444 e. The molecule has 7 heteroatoms. The maximum atomic E-state index is 12.1. The minimum Gasteiger partial charge on any atom is -0.444 e. The van der Waals surface area contributed by atoms with Gasteiger partial charge in [-0.15, -0.1) is 11.3 Å². The van der Waals surface area contributed by atoms with Crippen LogP contribution in [0.15, 0.2) is 35.7 Å². The molecule has 0 aliphatic rings. The van der Waals surface area contributed by atoms with Crippen LogP contribution in [-0.4, -0.2) is 27.5 Å². The second kappa shape index (κ2) is 9.22. The Balaban J connectivity index is 1.99. The monoisotopic (exact) mass is 380 g/mol. The van der Waals surface area contributed by atoms with E-state index >= 15 is 0 Å². The van der Waals surface area contributed by atoms with E-state index < -0.39 is 11.7 Å². The van der Waals surface area contributed by atoms with E-state index in [1.807, 2.05) is 39.0 Å². The molecular formula is C18H24N2O3S2. The Labute approximate surface area is 156 Å².